The summed E-state index contributed by atoms with van der Waals surface area (Å²) in [5.74, 6) is -0.823. The number of hydrogen-bond acceptors (Lipinski definition) is 6. The van der Waals surface area contributed by atoms with Crippen LogP contribution in [-0.2, 0) is 16.1 Å². The number of methoxy groups -OCH3 is 1. The quantitative estimate of drug-likeness (QED) is 0.458. The van der Waals surface area contributed by atoms with Gasteiger partial charge in [-0.15, -0.1) is 0 Å². The Bertz CT molecular complexity index is 970. The van der Waals surface area contributed by atoms with Crippen LogP contribution < -0.4 is 0 Å². The van der Waals surface area contributed by atoms with Gasteiger partial charge in [-0.3, -0.25) is 9.78 Å². The standard InChI is InChI=1S/C26H34FNO5/c1-15(2)25-21(11-10-19(30)12-20(31)13-23(32)33-5)24(17-6-8-18(27)9-7-17)22(14-29)26(28-25)16(3)4/h6-11,15-16,19-20,29-31H,12-14H2,1-5H3/t19-,20-/m1/s1. The molecule has 0 saturated carbocycles. The van der Waals surface area contributed by atoms with Gasteiger partial charge < -0.3 is 20.1 Å². The van der Waals surface area contributed by atoms with Crippen LogP contribution in [0.15, 0.2) is 30.3 Å². The molecule has 0 amide bonds. The van der Waals surface area contributed by atoms with Gasteiger partial charge in [0.15, 0.2) is 0 Å². The van der Waals surface area contributed by atoms with E-state index in [0.717, 1.165) is 22.5 Å². The Hall–Kier alpha value is -2.61. The summed E-state index contributed by atoms with van der Waals surface area (Å²) >= 11 is 0. The van der Waals surface area contributed by atoms with Crippen LogP contribution >= 0.6 is 0 Å². The van der Waals surface area contributed by atoms with Crippen LogP contribution in [0.1, 0.15) is 74.9 Å². The minimum absolute atomic E-state index is 0.0381. The number of aliphatic hydroxyl groups is 3. The maximum atomic E-state index is 13.6. The number of carbonyl (C=O) groups is 1. The molecule has 0 aliphatic rings. The van der Waals surface area contributed by atoms with Crippen molar-refractivity contribution in [2.45, 2.75) is 71.2 Å². The molecule has 0 radical (unpaired) electrons. The molecule has 2 aromatic rings. The number of hydrogen-bond donors (Lipinski definition) is 3. The van der Waals surface area contributed by atoms with Crippen molar-refractivity contribution in [3.8, 4) is 11.1 Å². The fraction of sp³-hybridized carbons (Fsp3) is 0.462. The SMILES string of the molecule is COC(=O)C[C@H](O)C[C@H](O)C=Cc1c(C(C)C)nc(C(C)C)c(CO)c1-c1ccc(F)cc1. The molecule has 7 heteroatoms. The second kappa shape index (κ2) is 12.0. The van der Waals surface area contributed by atoms with E-state index in [2.05, 4.69) is 4.74 Å². The summed E-state index contributed by atoms with van der Waals surface area (Å²) in [7, 11) is 1.24. The Morgan fingerprint density at radius 1 is 1.09 bits per heavy atom. The average molecular weight is 460 g/mol. The van der Waals surface area contributed by atoms with Gasteiger partial charge in [-0.2, -0.15) is 0 Å². The van der Waals surface area contributed by atoms with Crippen LogP contribution in [0.2, 0.25) is 0 Å². The third-order valence-corrected chi connectivity index (χ3v) is 5.41. The van der Waals surface area contributed by atoms with Crippen molar-refractivity contribution in [3.05, 3.63) is 58.7 Å². The van der Waals surface area contributed by atoms with E-state index >= 15 is 0 Å². The predicted octanol–water partition coefficient (Wildman–Crippen LogP) is 4.32. The van der Waals surface area contributed by atoms with Crippen LogP contribution in [-0.4, -0.2) is 45.6 Å². The first kappa shape index (κ1) is 26.6. The van der Waals surface area contributed by atoms with E-state index in [1.165, 1.54) is 25.3 Å². The topological polar surface area (TPSA) is 99.9 Å². The van der Waals surface area contributed by atoms with Gasteiger partial charge in [0.1, 0.15) is 5.82 Å². The summed E-state index contributed by atoms with van der Waals surface area (Å²) < 4.78 is 18.2. The second-order valence-electron chi connectivity index (χ2n) is 8.72. The highest BCUT2D eigenvalue weighted by Gasteiger charge is 2.23. The van der Waals surface area contributed by atoms with Crippen molar-refractivity contribution in [1.82, 2.24) is 4.98 Å². The molecule has 0 unspecified atom stereocenters. The molecule has 1 aromatic carbocycles. The minimum Gasteiger partial charge on any atom is -0.469 e. The number of ether oxygens (including phenoxy) is 1. The number of halogens is 1. The number of aromatic nitrogens is 1. The first-order chi connectivity index (χ1) is 15.6. The van der Waals surface area contributed by atoms with Crippen LogP contribution in [0.3, 0.4) is 0 Å². The van der Waals surface area contributed by atoms with E-state index in [1.807, 2.05) is 27.7 Å². The van der Waals surface area contributed by atoms with E-state index in [0.29, 0.717) is 11.1 Å². The molecule has 0 aliphatic carbocycles. The van der Waals surface area contributed by atoms with Crippen molar-refractivity contribution in [3.63, 3.8) is 0 Å². The van der Waals surface area contributed by atoms with Crippen LogP contribution in [0.4, 0.5) is 4.39 Å². The van der Waals surface area contributed by atoms with Gasteiger partial charge in [-0.1, -0.05) is 52.0 Å². The van der Waals surface area contributed by atoms with Crippen molar-refractivity contribution >= 4 is 12.0 Å². The highest BCUT2D eigenvalue weighted by molar-refractivity contribution is 5.80. The number of aliphatic hydroxyl groups excluding tert-OH is 3. The summed E-state index contributed by atoms with van der Waals surface area (Å²) in [6.45, 7) is 7.78. The lowest BCUT2D eigenvalue weighted by Gasteiger charge is -2.23. The van der Waals surface area contributed by atoms with Crippen molar-refractivity contribution in [2.24, 2.45) is 0 Å². The molecule has 33 heavy (non-hydrogen) atoms. The molecular formula is C26H34FNO5. The molecule has 2 atom stereocenters. The lowest BCUT2D eigenvalue weighted by molar-refractivity contribution is -0.143. The molecule has 6 nitrogen and oxygen atoms in total. The number of benzene rings is 1. The van der Waals surface area contributed by atoms with E-state index < -0.39 is 18.2 Å². The zero-order chi connectivity index (χ0) is 24.7. The Balaban J connectivity index is 2.60. The Kier molecular flexibility index (Phi) is 9.70. The van der Waals surface area contributed by atoms with E-state index in [9.17, 15) is 24.5 Å². The molecule has 0 spiro atoms. The van der Waals surface area contributed by atoms with E-state index in [1.54, 1.807) is 18.2 Å². The van der Waals surface area contributed by atoms with E-state index in [-0.39, 0.29) is 37.1 Å². The molecule has 3 N–H and O–H groups in total. The molecule has 180 valence electrons. The summed E-state index contributed by atoms with van der Waals surface area (Å²) in [6.07, 6.45) is 0.935. The van der Waals surface area contributed by atoms with Crippen LogP contribution in [0, 0.1) is 5.82 Å². The van der Waals surface area contributed by atoms with Gasteiger partial charge in [0.05, 0.1) is 38.0 Å². The second-order valence-corrected chi connectivity index (χ2v) is 8.72. The molecule has 2 rings (SSSR count). The first-order valence-corrected chi connectivity index (χ1v) is 11.1. The number of pyridine rings is 1. The normalized spacial score (nSPS) is 13.7. The van der Waals surface area contributed by atoms with Crippen molar-refractivity contribution in [2.75, 3.05) is 7.11 Å². The Morgan fingerprint density at radius 2 is 1.70 bits per heavy atom. The number of esters is 1. The van der Waals surface area contributed by atoms with Gasteiger partial charge in [-0.05, 0) is 35.1 Å². The predicted molar refractivity (Wildman–Crippen MR) is 126 cm³/mol. The highest BCUT2D eigenvalue weighted by atomic mass is 19.1. The number of nitrogens with zero attached hydrogens (tertiary/aromatic N) is 1. The van der Waals surface area contributed by atoms with Gasteiger partial charge in [0.25, 0.3) is 0 Å². The summed E-state index contributed by atoms with van der Waals surface area (Å²) in [4.78, 5) is 16.2. The molecule has 1 heterocycles. The Morgan fingerprint density at radius 3 is 2.21 bits per heavy atom. The van der Waals surface area contributed by atoms with Gasteiger partial charge in [-0.25, -0.2) is 4.39 Å². The fourth-order valence-corrected chi connectivity index (χ4v) is 3.79. The smallest absolute Gasteiger partial charge is 0.308 e. The maximum absolute atomic E-state index is 13.6. The van der Waals surface area contributed by atoms with Gasteiger partial charge >= 0.3 is 5.97 Å². The summed E-state index contributed by atoms with van der Waals surface area (Å²) in [5.41, 5.74) is 4.39. The third-order valence-electron chi connectivity index (χ3n) is 5.41. The molecule has 0 fully saturated rings. The Labute approximate surface area is 194 Å². The lowest BCUT2D eigenvalue weighted by atomic mass is 9.87. The average Bonchev–Trinajstić information content (AvgIpc) is 2.76. The van der Waals surface area contributed by atoms with Crippen LogP contribution in [0.25, 0.3) is 17.2 Å². The summed E-state index contributed by atoms with van der Waals surface area (Å²) in [6, 6.07) is 6.05. The maximum Gasteiger partial charge on any atom is 0.308 e. The fourth-order valence-electron chi connectivity index (χ4n) is 3.79. The number of carbonyl (C=O) groups excluding carboxylic acids is 1. The summed E-state index contributed by atoms with van der Waals surface area (Å²) in [5, 5.41) is 30.7. The van der Waals surface area contributed by atoms with Crippen molar-refractivity contribution < 1.29 is 29.2 Å². The van der Waals surface area contributed by atoms with Gasteiger partial charge in [0.2, 0.25) is 0 Å². The minimum atomic E-state index is -1.05. The monoisotopic (exact) mass is 459 g/mol. The zero-order valence-corrected chi connectivity index (χ0v) is 19.9. The zero-order valence-electron chi connectivity index (χ0n) is 19.9. The molecule has 0 saturated heterocycles. The van der Waals surface area contributed by atoms with Crippen LogP contribution in [0.5, 0.6) is 0 Å². The molecule has 0 aliphatic heterocycles. The molecular weight excluding hydrogens is 425 g/mol. The van der Waals surface area contributed by atoms with Gasteiger partial charge in [0, 0.05) is 23.2 Å². The van der Waals surface area contributed by atoms with E-state index in [4.69, 9.17) is 4.98 Å². The highest BCUT2D eigenvalue weighted by Crippen LogP contribution is 2.37. The third kappa shape index (κ3) is 6.93. The number of rotatable bonds is 10. The molecule has 0 bridgehead atoms. The first-order valence-electron chi connectivity index (χ1n) is 11.1. The largest absolute Gasteiger partial charge is 0.469 e. The molecule has 1 aromatic heterocycles. The van der Waals surface area contributed by atoms with Crippen molar-refractivity contribution in [1.29, 1.82) is 0 Å². The lowest BCUT2D eigenvalue weighted by Crippen LogP contribution is -2.20.